The maximum absolute atomic E-state index is 10.7. The molecular formula is C8H9O2S. The lowest BCUT2D eigenvalue weighted by Gasteiger charge is -2.03. The molecule has 2 nitrogen and oxygen atoms in total. The van der Waals surface area contributed by atoms with Crippen molar-refractivity contribution < 1.29 is 10.2 Å². The third-order valence-corrected chi connectivity index (χ3v) is 2.09. The molecule has 0 heterocycles. The average Bonchev–Trinajstić information content (AvgIpc) is 1.93. The van der Waals surface area contributed by atoms with E-state index in [4.69, 9.17) is 0 Å². The van der Waals surface area contributed by atoms with Crippen LogP contribution in [0.25, 0.3) is 0 Å². The van der Waals surface area contributed by atoms with Gasteiger partial charge in [-0.2, -0.15) is 0 Å². The van der Waals surface area contributed by atoms with Gasteiger partial charge in [0.25, 0.3) is 0 Å². The number of hydrogen-bond acceptors (Lipinski definition) is 2. The van der Waals surface area contributed by atoms with Crippen LogP contribution >= 0.6 is 11.8 Å². The Hall–Kier alpha value is -0.670. The third-order valence-electron chi connectivity index (χ3n) is 1.16. The molecule has 1 N–H and O–H groups in total. The summed E-state index contributed by atoms with van der Waals surface area (Å²) in [5, 5.41) is 19.9. The lowest BCUT2D eigenvalue weighted by Crippen LogP contribution is -1.88. The van der Waals surface area contributed by atoms with Crippen LogP contribution in [0.5, 0.6) is 5.75 Å². The van der Waals surface area contributed by atoms with Gasteiger partial charge < -0.3 is 5.11 Å². The van der Waals surface area contributed by atoms with Crippen LogP contribution in [0.3, 0.4) is 0 Å². The Kier molecular flexibility index (Phi) is 2.79. The molecular weight excluding hydrogens is 160 g/mol. The van der Waals surface area contributed by atoms with Gasteiger partial charge in [-0.1, -0.05) is 23.9 Å². The molecule has 1 radical (unpaired) electrons. The third kappa shape index (κ3) is 2.44. The number of aromatic hydroxyl groups is 1. The summed E-state index contributed by atoms with van der Waals surface area (Å²) in [6, 6.07) is 6.83. The highest BCUT2D eigenvalue weighted by atomic mass is 32.2. The van der Waals surface area contributed by atoms with Gasteiger partial charge in [0.1, 0.15) is 11.2 Å². The maximum Gasteiger partial charge on any atom is 0.140 e. The van der Waals surface area contributed by atoms with E-state index in [9.17, 15) is 10.2 Å². The fraction of sp³-hybridized carbons (Fsp3) is 0.250. The van der Waals surface area contributed by atoms with Crippen molar-refractivity contribution in [2.45, 2.75) is 17.3 Å². The van der Waals surface area contributed by atoms with Crippen LogP contribution in [0.1, 0.15) is 6.92 Å². The Labute approximate surface area is 69.9 Å². The summed E-state index contributed by atoms with van der Waals surface area (Å²) in [5.74, 6) is 0.181. The SMILES string of the molecule is CC([O])Sc1ccccc1O. The van der Waals surface area contributed by atoms with E-state index in [-0.39, 0.29) is 5.75 Å². The van der Waals surface area contributed by atoms with Crippen molar-refractivity contribution in [3.63, 3.8) is 0 Å². The first-order valence-electron chi connectivity index (χ1n) is 3.30. The van der Waals surface area contributed by atoms with Gasteiger partial charge in [0.2, 0.25) is 0 Å². The molecule has 0 aliphatic carbocycles. The van der Waals surface area contributed by atoms with E-state index in [2.05, 4.69) is 0 Å². The Bertz CT molecular complexity index is 235. The zero-order valence-corrected chi connectivity index (χ0v) is 6.97. The van der Waals surface area contributed by atoms with Crippen LogP contribution in [0.2, 0.25) is 0 Å². The lowest BCUT2D eigenvalue weighted by atomic mass is 10.3. The zero-order chi connectivity index (χ0) is 8.27. The van der Waals surface area contributed by atoms with E-state index in [1.807, 2.05) is 0 Å². The number of hydrogen-bond donors (Lipinski definition) is 1. The van der Waals surface area contributed by atoms with Gasteiger partial charge in [-0.3, -0.25) is 0 Å². The Morgan fingerprint density at radius 3 is 2.64 bits per heavy atom. The molecule has 0 aromatic heterocycles. The number of rotatable bonds is 2. The molecule has 1 unspecified atom stereocenters. The summed E-state index contributed by atoms with van der Waals surface area (Å²) >= 11 is 1.12. The molecule has 0 bridgehead atoms. The average molecular weight is 169 g/mol. The summed E-state index contributed by atoms with van der Waals surface area (Å²) < 4.78 is 0. The highest BCUT2D eigenvalue weighted by Crippen LogP contribution is 2.29. The molecule has 0 fully saturated rings. The number of benzene rings is 1. The van der Waals surface area contributed by atoms with Crippen LogP contribution in [-0.2, 0) is 5.11 Å². The van der Waals surface area contributed by atoms with Gasteiger partial charge in [0, 0.05) is 0 Å². The first-order valence-corrected chi connectivity index (χ1v) is 4.18. The smallest absolute Gasteiger partial charge is 0.140 e. The Morgan fingerprint density at radius 1 is 1.45 bits per heavy atom. The Morgan fingerprint density at radius 2 is 2.09 bits per heavy atom. The van der Waals surface area contributed by atoms with Crippen LogP contribution in [0.4, 0.5) is 0 Å². The highest BCUT2D eigenvalue weighted by molar-refractivity contribution is 7.99. The van der Waals surface area contributed by atoms with Crippen molar-refractivity contribution in [3.05, 3.63) is 24.3 Å². The summed E-state index contributed by atoms with van der Waals surface area (Å²) in [6.45, 7) is 1.55. The predicted molar refractivity (Wildman–Crippen MR) is 44.1 cm³/mol. The van der Waals surface area contributed by atoms with Crippen molar-refractivity contribution in [1.29, 1.82) is 0 Å². The summed E-state index contributed by atoms with van der Waals surface area (Å²) in [4.78, 5) is 0.648. The second-order valence-electron chi connectivity index (χ2n) is 2.15. The van der Waals surface area contributed by atoms with Crippen LogP contribution in [0, 0.1) is 0 Å². The number of phenolic OH excluding ortho intramolecular Hbond substituents is 1. The molecule has 0 saturated carbocycles. The number of para-hydroxylation sites is 1. The van der Waals surface area contributed by atoms with Crippen molar-refractivity contribution in [3.8, 4) is 5.75 Å². The molecule has 1 atom stereocenters. The predicted octanol–water partition coefficient (Wildman–Crippen LogP) is 2.26. The molecule has 0 saturated heterocycles. The fourth-order valence-corrected chi connectivity index (χ4v) is 1.44. The molecule has 0 amide bonds. The lowest BCUT2D eigenvalue weighted by molar-refractivity contribution is 0.181. The molecule has 1 aromatic carbocycles. The van der Waals surface area contributed by atoms with Gasteiger partial charge in [0.15, 0.2) is 0 Å². The van der Waals surface area contributed by atoms with Crippen LogP contribution in [0.15, 0.2) is 29.2 Å². The number of thioether (sulfide) groups is 1. The minimum absolute atomic E-state index is 0.181. The number of phenols is 1. The molecule has 3 heteroatoms. The van der Waals surface area contributed by atoms with Gasteiger partial charge >= 0.3 is 0 Å². The Balaban J connectivity index is 2.78. The summed E-state index contributed by atoms with van der Waals surface area (Å²) in [6.07, 6.45) is 0. The highest BCUT2D eigenvalue weighted by Gasteiger charge is 2.04. The molecule has 0 spiro atoms. The second kappa shape index (κ2) is 3.64. The van der Waals surface area contributed by atoms with Gasteiger partial charge in [-0.05, 0) is 19.1 Å². The quantitative estimate of drug-likeness (QED) is 0.545. The van der Waals surface area contributed by atoms with E-state index >= 15 is 0 Å². The first-order chi connectivity index (χ1) is 5.20. The van der Waals surface area contributed by atoms with Crippen LogP contribution < -0.4 is 0 Å². The molecule has 1 aromatic rings. The van der Waals surface area contributed by atoms with Crippen LogP contribution in [-0.4, -0.2) is 10.5 Å². The van der Waals surface area contributed by atoms with E-state index in [0.717, 1.165) is 11.8 Å². The van der Waals surface area contributed by atoms with Crippen molar-refractivity contribution in [2.75, 3.05) is 0 Å². The first kappa shape index (κ1) is 8.43. The largest absolute Gasteiger partial charge is 0.507 e. The van der Waals surface area contributed by atoms with E-state index in [0.29, 0.717) is 4.90 Å². The van der Waals surface area contributed by atoms with Gasteiger partial charge in [-0.15, -0.1) is 0 Å². The van der Waals surface area contributed by atoms with Crippen molar-refractivity contribution in [1.82, 2.24) is 0 Å². The minimum atomic E-state index is -0.733. The van der Waals surface area contributed by atoms with E-state index in [1.54, 1.807) is 31.2 Å². The zero-order valence-electron chi connectivity index (χ0n) is 6.15. The van der Waals surface area contributed by atoms with Gasteiger partial charge in [-0.25, -0.2) is 5.11 Å². The maximum atomic E-state index is 10.7. The fourth-order valence-electron chi connectivity index (χ4n) is 0.736. The standard InChI is InChI=1S/C8H9O2S/c1-6(9)11-8-5-3-2-4-7(8)10/h2-6,10H,1H3. The summed E-state index contributed by atoms with van der Waals surface area (Å²) in [7, 11) is 0. The van der Waals surface area contributed by atoms with E-state index in [1.165, 1.54) is 0 Å². The topological polar surface area (TPSA) is 40.1 Å². The molecule has 59 valence electrons. The summed E-state index contributed by atoms with van der Waals surface area (Å²) in [5.41, 5.74) is -0.733. The molecule has 1 rings (SSSR count). The second-order valence-corrected chi connectivity index (χ2v) is 3.49. The van der Waals surface area contributed by atoms with Crippen molar-refractivity contribution in [2.24, 2.45) is 0 Å². The minimum Gasteiger partial charge on any atom is -0.507 e. The molecule has 0 aliphatic heterocycles. The van der Waals surface area contributed by atoms with Crippen molar-refractivity contribution >= 4 is 11.8 Å². The van der Waals surface area contributed by atoms with Gasteiger partial charge in [0.05, 0.1) is 4.90 Å². The molecule has 0 aliphatic rings. The monoisotopic (exact) mass is 169 g/mol. The molecule has 11 heavy (non-hydrogen) atoms. The normalized spacial score (nSPS) is 12.9. The van der Waals surface area contributed by atoms with E-state index < -0.39 is 5.44 Å².